The predicted molar refractivity (Wildman–Crippen MR) is 80.1 cm³/mol. The SMILES string of the molecule is Cc1[nH]c(/C=C2/C(=O)Nc3ccc(F)cc32)c(C)c1C(=O)O. The number of fused-ring (bicyclic) bond motifs is 1. The number of anilines is 1. The van der Waals surface area contributed by atoms with Gasteiger partial charge in [-0.3, -0.25) is 4.79 Å². The lowest BCUT2D eigenvalue weighted by molar-refractivity contribution is -0.110. The first kappa shape index (κ1) is 14.1. The molecule has 3 rings (SSSR count). The van der Waals surface area contributed by atoms with Crippen molar-refractivity contribution in [1.29, 1.82) is 0 Å². The summed E-state index contributed by atoms with van der Waals surface area (Å²) in [4.78, 5) is 26.2. The number of halogens is 1. The van der Waals surface area contributed by atoms with Gasteiger partial charge in [-0.15, -0.1) is 0 Å². The van der Waals surface area contributed by atoms with Crippen molar-refractivity contribution in [2.24, 2.45) is 0 Å². The molecule has 1 aliphatic rings. The van der Waals surface area contributed by atoms with Gasteiger partial charge in [0.05, 0.1) is 11.1 Å². The Morgan fingerprint density at radius 3 is 2.68 bits per heavy atom. The van der Waals surface area contributed by atoms with E-state index in [9.17, 15) is 19.1 Å². The third-order valence-electron chi connectivity index (χ3n) is 3.74. The number of aromatic amines is 1. The largest absolute Gasteiger partial charge is 0.478 e. The Hall–Kier alpha value is -2.89. The first-order chi connectivity index (χ1) is 10.4. The molecule has 22 heavy (non-hydrogen) atoms. The van der Waals surface area contributed by atoms with Crippen LogP contribution in [-0.2, 0) is 4.79 Å². The van der Waals surface area contributed by atoms with Gasteiger partial charge in [0.15, 0.2) is 0 Å². The number of carbonyl (C=O) groups excluding carboxylic acids is 1. The van der Waals surface area contributed by atoms with E-state index in [0.717, 1.165) is 0 Å². The maximum atomic E-state index is 13.4. The number of carbonyl (C=O) groups is 2. The van der Waals surface area contributed by atoms with Crippen LogP contribution in [0.4, 0.5) is 10.1 Å². The third kappa shape index (κ3) is 2.09. The van der Waals surface area contributed by atoms with E-state index in [-0.39, 0.29) is 11.5 Å². The molecule has 1 aromatic heterocycles. The van der Waals surface area contributed by atoms with Gasteiger partial charge in [-0.1, -0.05) is 0 Å². The second-order valence-corrected chi connectivity index (χ2v) is 5.17. The van der Waals surface area contributed by atoms with E-state index in [1.807, 2.05) is 0 Å². The fourth-order valence-electron chi connectivity index (χ4n) is 2.69. The Bertz CT molecular complexity index is 849. The van der Waals surface area contributed by atoms with E-state index >= 15 is 0 Å². The monoisotopic (exact) mass is 300 g/mol. The van der Waals surface area contributed by atoms with Gasteiger partial charge in [-0.2, -0.15) is 0 Å². The van der Waals surface area contributed by atoms with Crippen LogP contribution in [-0.4, -0.2) is 22.0 Å². The molecule has 5 nitrogen and oxygen atoms in total. The number of carboxylic acids is 1. The lowest BCUT2D eigenvalue weighted by Gasteiger charge is -1.99. The zero-order valence-corrected chi connectivity index (χ0v) is 12.0. The van der Waals surface area contributed by atoms with Crippen LogP contribution in [0.1, 0.15) is 32.9 Å². The molecule has 0 unspecified atom stereocenters. The van der Waals surface area contributed by atoms with Gasteiger partial charge >= 0.3 is 5.97 Å². The number of nitrogens with one attached hydrogen (secondary N) is 2. The molecule has 0 saturated carbocycles. The maximum Gasteiger partial charge on any atom is 0.337 e. The number of benzene rings is 1. The first-order valence-corrected chi connectivity index (χ1v) is 6.64. The second-order valence-electron chi connectivity index (χ2n) is 5.17. The molecule has 6 heteroatoms. The molecule has 0 radical (unpaired) electrons. The Morgan fingerprint density at radius 2 is 2.05 bits per heavy atom. The lowest BCUT2D eigenvalue weighted by Crippen LogP contribution is -2.03. The molecule has 3 N–H and O–H groups in total. The van der Waals surface area contributed by atoms with Crippen LogP contribution in [0.3, 0.4) is 0 Å². The van der Waals surface area contributed by atoms with E-state index in [2.05, 4.69) is 10.3 Å². The highest BCUT2D eigenvalue weighted by molar-refractivity contribution is 6.34. The molecule has 1 amide bonds. The van der Waals surface area contributed by atoms with Gasteiger partial charge in [0, 0.05) is 22.6 Å². The highest BCUT2D eigenvalue weighted by Gasteiger charge is 2.25. The van der Waals surface area contributed by atoms with Crippen molar-refractivity contribution < 1.29 is 19.1 Å². The zero-order valence-electron chi connectivity index (χ0n) is 12.0. The van der Waals surface area contributed by atoms with Crippen LogP contribution in [0.15, 0.2) is 18.2 Å². The van der Waals surface area contributed by atoms with Crippen LogP contribution < -0.4 is 5.32 Å². The second kappa shape index (κ2) is 4.84. The van der Waals surface area contributed by atoms with E-state index < -0.39 is 11.8 Å². The highest BCUT2D eigenvalue weighted by atomic mass is 19.1. The average molecular weight is 300 g/mol. The summed E-state index contributed by atoms with van der Waals surface area (Å²) < 4.78 is 13.4. The Balaban J connectivity index is 2.15. The van der Waals surface area contributed by atoms with Crippen LogP contribution in [0.5, 0.6) is 0 Å². The number of aromatic carboxylic acids is 1. The Kier molecular flexibility index (Phi) is 3.09. The molecule has 1 aromatic carbocycles. The van der Waals surface area contributed by atoms with Crippen LogP contribution >= 0.6 is 0 Å². The van der Waals surface area contributed by atoms with Gasteiger partial charge in [0.2, 0.25) is 0 Å². The van der Waals surface area contributed by atoms with E-state index in [0.29, 0.717) is 33.8 Å². The molecule has 0 spiro atoms. The molecule has 0 saturated heterocycles. The van der Waals surface area contributed by atoms with Crippen molar-refractivity contribution in [2.75, 3.05) is 5.32 Å². The summed E-state index contributed by atoms with van der Waals surface area (Å²) >= 11 is 0. The first-order valence-electron chi connectivity index (χ1n) is 6.64. The number of hydrogen-bond acceptors (Lipinski definition) is 2. The standard InChI is InChI=1S/C16H13FN2O3/c1-7-13(18-8(2)14(7)16(21)22)6-11-10-5-9(17)3-4-12(10)19-15(11)20/h3-6,18H,1-2H3,(H,19,20)(H,21,22)/b11-6+. The zero-order chi connectivity index (χ0) is 16.0. The molecular weight excluding hydrogens is 287 g/mol. The third-order valence-corrected chi connectivity index (χ3v) is 3.74. The average Bonchev–Trinajstić information content (AvgIpc) is 2.88. The van der Waals surface area contributed by atoms with Crippen molar-refractivity contribution in [3.05, 3.63) is 52.1 Å². The summed E-state index contributed by atoms with van der Waals surface area (Å²) in [6.07, 6.45) is 1.55. The highest BCUT2D eigenvalue weighted by Crippen LogP contribution is 2.34. The predicted octanol–water partition coefficient (Wildman–Crippen LogP) is 2.96. The number of carboxylic acid groups (broad SMARTS) is 1. The molecule has 0 atom stereocenters. The van der Waals surface area contributed by atoms with E-state index in [1.54, 1.807) is 19.9 Å². The van der Waals surface area contributed by atoms with Crippen LogP contribution in [0.2, 0.25) is 0 Å². The maximum absolute atomic E-state index is 13.4. The van der Waals surface area contributed by atoms with Crippen molar-refractivity contribution >= 4 is 29.2 Å². The summed E-state index contributed by atoms with van der Waals surface area (Å²) in [5.74, 6) is -1.81. The molecule has 2 heterocycles. The number of aryl methyl sites for hydroxylation is 1. The van der Waals surface area contributed by atoms with Crippen LogP contribution in [0.25, 0.3) is 11.6 Å². The number of hydrogen-bond donors (Lipinski definition) is 3. The molecule has 2 aromatic rings. The fourth-order valence-corrected chi connectivity index (χ4v) is 2.69. The van der Waals surface area contributed by atoms with E-state index in [4.69, 9.17) is 0 Å². The summed E-state index contributed by atoms with van der Waals surface area (Å²) in [6, 6.07) is 4.05. The molecule has 0 fully saturated rings. The number of rotatable bonds is 2. The van der Waals surface area contributed by atoms with Gasteiger partial charge in [-0.25, -0.2) is 9.18 Å². The molecule has 0 aliphatic carbocycles. The van der Waals surface area contributed by atoms with Crippen molar-refractivity contribution in [2.45, 2.75) is 13.8 Å². The van der Waals surface area contributed by atoms with Gasteiger partial charge in [0.25, 0.3) is 5.91 Å². The summed E-state index contributed by atoms with van der Waals surface area (Å²) in [7, 11) is 0. The van der Waals surface area contributed by atoms with Gasteiger partial charge in [0.1, 0.15) is 5.82 Å². The van der Waals surface area contributed by atoms with Crippen molar-refractivity contribution in [3.63, 3.8) is 0 Å². The van der Waals surface area contributed by atoms with Gasteiger partial charge < -0.3 is 15.4 Å². The van der Waals surface area contributed by atoms with Crippen LogP contribution in [0, 0.1) is 19.7 Å². The smallest absolute Gasteiger partial charge is 0.337 e. The normalized spacial score (nSPS) is 15.0. The van der Waals surface area contributed by atoms with E-state index in [1.165, 1.54) is 18.2 Å². The van der Waals surface area contributed by atoms with Crippen molar-refractivity contribution in [1.82, 2.24) is 4.98 Å². The molecule has 0 bridgehead atoms. The quantitative estimate of drug-likeness (QED) is 0.746. The number of aromatic nitrogens is 1. The minimum Gasteiger partial charge on any atom is -0.478 e. The molecule has 1 aliphatic heterocycles. The van der Waals surface area contributed by atoms with Gasteiger partial charge in [-0.05, 0) is 43.7 Å². The Labute approximate surface area is 125 Å². The Morgan fingerprint density at radius 1 is 1.32 bits per heavy atom. The lowest BCUT2D eigenvalue weighted by atomic mass is 10.0. The fraction of sp³-hybridized carbons (Fsp3) is 0.125. The topological polar surface area (TPSA) is 82.2 Å². The minimum absolute atomic E-state index is 0.185. The summed E-state index contributed by atoms with van der Waals surface area (Å²) in [6.45, 7) is 3.32. The molecule has 112 valence electrons. The van der Waals surface area contributed by atoms with Crippen molar-refractivity contribution in [3.8, 4) is 0 Å². The summed E-state index contributed by atoms with van der Waals surface area (Å²) in [5.41, 5.74) is 3.06. The minimum atomic E-state index is -1.03. The summed E-state index contributed by atoms with van der Waals surface area (Å²) in [5, 5.41) is 11.9. The number of amides is 1. The molecular formula is C16H13FN2O3. The number of H-pyrrole nitrogens is 1.